The molecule has 2 nitrogen and oxygen atoms in total. The Morgan fingerprint density at radius 1 is 1.33 bits per heavy atom. The fraction of sp³-hybridized carbons (Fsp3) is 0. The van der Waals surface area contributed by atoms with Gasteiger partial charge in [-0.2, -0.15) is 0 Å². The normalized spacial score (nSPS) is 9.00. The largest absolute Gasteiger partial charge is 0.416 e. The Hall–Kier alpha value is -0.700. The maximum Gasteiger partial charge on any atom is 0.179 e. The number of nitrogen functional groups attached to an aromatic ring is 1. The quantitative estimate of drug-likeness (QED) is 0.683. The van der Waals surface area contributed by atoms with E-state index in [1.165, 1.54) is 0 Å². The van der Waals surface area contributed by atoms with Crippen LogP contribution in [0.25, 0.3) is 0 Å². The molecule has 0 aliphatic rings. The number of para-hydroxylation sites is 2. The highest BCUT2D eigenvalue weighted by atomic mass is 79.9. The summed E-state index contributed by atoms with van der Waals surface area (Å²) in [6.45, 7) is 0. The van der Waals surface area contributed by atoms with Crippen molar-refractivity contribution in [1.82, 2.24) is 0 Å². The summed E-state index contributed by atoms with van der Waals surface area (Å²) in [4.78, 5) is 0. The minimum atomic E-state index is 0.634. The van der Waals surface area contributed by atoms with Crippen LogP contribution in [0.4, 0.5) is 5.69 Å². The first-order valence-corrected chi connectivity index (χ1v) is 3.12. The van der Waals surface area contributed by atoms with Crippen LogP contribution < -0.4 is 9.56 Å². The predicted octanol–water partition coefficient (Wildman–Crippen LogP) is 1.96. The van der Waals surface area contributed by atoms with E-state index in [-0.39, 0.29) is 0 Å². The van der Waals surface area contributed by atoms with Gasteiger partial charge in [0.2, 0.25) is 0 Å². The third kappa shape index (κ3) is 1.36. The number of rotatable bonds is 1. The summed E-state index contributed by atoms with van der Waals surface area (Å²) in [5.74, 6) is 0.650. The first kappa shape index (κ1) is 6.42. The van der Waals surface area contributed by atoms with Crippen LogP contribution in [0.2, 0.25) is 0 Å². The van der Waals surface area contributed by atoms with Gasteiger partial charge in [0.1, 0.15) is 0 Å². The highest BCUT2D eigenvalue weighted by molar-refractivity contribution is 9.06. The molecule has 0 aromatic heterocycles. The third-order valence-electron chi connectivity index (χ3n) is 1.00. The standard InChI is InChI=1S/C6H6BrNO/c7-9-6-4-2-1-3-5(6)8/h1-4H,8H2. The van der Waals surface area contributed by atoms with Crippen LogP contribution in [0, 0.1) is 0 Å². The molecule has 9 heavy (non-hydrogen) atoms. The Bertz CT molecular complexity index is 202. The van der Waals surface area contributed by atoms with E-state index in [2.05, 4.69) is 16.3 Å². The van der Waals surface area contributed by atoms with Crippen LogP contribution >= 0.6 is 16.3 Å². The molecule has 0 bridgehead atoms. The van der Waals surface area contributed by atoms with Gasteiger partial charge in [0.25, 0.3) is 0 Å². The number of hydrogen-bond donors (Lipinski definition) is 1. The Morgan fingerprint density at radius 3 is 2.44 bits per heavy atom. The molecule has 3 heteroatoms. The molecule has 0 saturated heterocycles. The fourth-order valence-corrected chi connectivity index (χ4v) is 0.846. The lowest BCUT2D eigenvalue weighted by atomic mass is 10.3. The summed E-state index contributed by atoms with van der Waals surface area (Å²) >= 11 is 2.83. The van der Waals surface area contributed by atoms with Gasteiger partial charge in [-0.25, -0.2) is 0 Å². The van der Waals surface area contributed by atoms with Crippen molar-refractivity contribution in [2.24, 2.45) is 0 Å². The molecule has 0 fully saturated rings. The fourth-order valence-electron chi connectivity index (χ4n) is 0.551. The molecule has 0 heterocycles. The van der Waals surface area contributed by atoms with Crippen LogP contribution in [0.1, 0.15) is 0 Å². The van der Waals surface area contributed by atoms with Crippen molar-refractivity contribution in [2.75, 3.05) is 5.73 Å². The smallest absolute Gasteiger partial charge is 0.179 e. The Labute approximate surface area is 62.1 Å². The molecule has 48 valence electrons. The van der Waals surface area contributed by atoms with Gasteiger partial charge in [-0.1, -0.05) is 12.1 Å². The summed E-state index contributed by atoms with van der Waals surface area (Å²) in [6, 6.07) is 7.26. The average Bonchev–Trinajstić information content (AvgIpc) is 1.89. The Balaban J connectivity index is 3.01. The lowest BCUT2D eigenvalue weighted by molar-refractivity contribution is 0.681. The van der Waals surface area contributed by atoms with Crippen LogP contribution in [0.15, 0.2) is 24.3 Å². The van der Waals surface area contributed by atoms with E-state index in [9.17, 15) is 0 Å². The average molecular weight is 188 g/mol. The van der Waals surface area contributed by atoms with Gasteiger partial charge in [0.05, 0.1) is 5.69 Å². The van der Waals surface area contributed by atoms with E-state index in [1.807, 2.05) is 12.1 Å². The summed E-state index contributed by atoms with van der Waals surface area (Å²) < 4.78 is 4.73. The van der Waals surface area contributed by atoms with E-state index in [0.29, 0.717) is 11.4 Å². The van der Waals surface area contributed by atoms with Gasteiger partial charge in [0.15, 0.2) is 22.0 Å². The maximum atomic E-state index is 5.48. The van der Waals surface area contributed by atoms with Gasteiger partial charge in [-0.15, -0.1) is 0 Å². The first-order chi connectivity index (χ1) is 4.34. The van der Waals surface area contributed by atoms with Crippen molar-refractivity contribution >= 4 is 21.9 Å². The molecular weight excluding hydrogens is 182 g/mol. The van der Waals surface area contributed by atoms with Crippen molar-refractivity contribution in [3.8, 4) is 5.75 Å². The molecule has 0 aliphatic heterocycles. The summed E-state index contributed by atoms with van der Waals surface area (Å²) in [7, 11) is 0. The molecule has 2 N–H and O–H groups in total. The monoisotopic (exact) mass is 187 g/mol. The lowest BCUT2D eigenvalue weighted by Crippen LogP contribution is -1.86. The first-order valence-electron chi connectivity index (χ1n) is 2.47. The summed E-state index contributed by atoms with van der Waals surface area (Å²) in [6.07, 6.45) is 0. The number of anilines is 1. The van der Waals surface area contributed by atoms with Gasteiger partial charge in [0, 0.05) is 0 Å². The van der Waals surface area contributed by atoms with Gasteiger partial charge < -0.3 is 9.56 Å². The minimum Gasteiger partial charge on any atom is -0.416 e. The molecular formula is C6H6BrNO. The molecule has 0 spiro atoms. The molecule has 0 saturated carbocycles. The van der Waals surface area contributed by atoms with Gasteiger partial charge >= 0.3 is 0 Å². The number of hydrogen-bond acceptors (Lipinski definition) is 2. The van der Waals surface area contributed by atoms with Crippen molar-refractivity contribution in [2.45, 2.75) is 0 Å². The van der Waals surface area contributed by atoms with E-state index >= 15 is 0 Å². The second-order valence-corrected chi connectivity index (χ2v) is 1.94. The molecule has 0 radical (unpaired) electrons. The zero-order valence-electron chi connectivity index (χ0n) is 4.67. The second kappa shape index (κ2) is 2.73. The lowest BCUT2D eigenvalue weighted by Gasteiger charge is -1.97. The molecule has 1 aromatic rings. The van der Waals surface area contributed by atoms with Gasteiger partial charge in [-0.05, 0) is 12.1 Å². The van der Waals surface area contributed by atoms with Gasteiger partial charge in [-0.3, -0.25) is 0 Å². The predicted molar refractivity (Wildman–Crippen MR) is 40.4 cm³/mol. The molecule has 0 aliphatic carbocycles. The molecule has 1 rings (SSSR count). The van der Waals surface area contributed by atoms with E-state index in [0.717, 1.165) is 0 Å². The minimum absolute atomic E-state index is 0.634. The van der Waals surface area contributed by atoms with Crippen LogP contribution in [-0.4, -0.2) is 0 Å². The van der Waals surface area contributed by atoms with Crippen LogP contribution in [-0.2, 0) is 0 Å². The topological polar surface area (TPSA) is 35.2 Å². The molecule has 0 amide bonds. The van der Waals surface area contributed by atoms with Crippen molar-refractivity contribution in [3.63, 3.8) is 0 Å². The van der Waals surface area contributed by atoms with E-state index in [1.54, 1.807) is 12.1 Å². The summed E-state index contributed by atoms with van der Waals surface area (Å²) in [5.41, 5.74) is 6.11. The van der Waals surface area contributed by atoms with Crippen molar-refractivity contribution in [3.05, 3.63) is 24.3 Å². The number of halogens is 1. The van der Waals surface area contributed by atoms with Crippen molar-refractivity contribution in [1.29, 1.82) is 0 Å². The third-order valence-corrected chi connectivity index (χ3v) is 1.35. The maximum absolute atomic E-state index is 5.48. The zero-order valence-corrected chi connectivity index (χ0v) is 6.26. The zero-order chi connectivity index (χ0) is 6.69. The molecule has 0 atom stereocenters. The van der Waals surface area contributed by atoms with Crippen LogP contribution in [0.3, 0.4) is 0 Å². The van der Waals surface area contributed by atoms with E-state index < -0.39 is 0 Å². The highest BCUT2D eigenvalue weighted by Crippen LogP contribution is 2.20. The SMILES string of the molecule is Nc1ccccc1OBr. The highest BCUT2D eigenvalue weighted by Gasteiger charge is 1.93. The number of benzene rings is 1. The Morgan fingerprint density at radius 2 is 2.00 bits per heavy atom. The molecule has 1 aromatic carbocycles. The van der Waals surface area contributed by atoms with E-state index in [4.69, 9.17) is 9.56 Å². The van der Waals surface area contributed by atoms with Crippen LogP contribution in [0.5, 0.6) is 5.75 Å². The Kier molecular flexibility index (Phi) is 1.95. The number of nitrogens with two attached hydrogens (primary N) is 1. The second-order valence-electron chi connectivity index (χ2n) is 1.61. The molecule has 0 unspecified atom stereocenters. The van der Waals surface area contributed by atoms with Crippen molar-refractivity contribution < 1.29 is 3.83 Å². The summed E-state index contributed by atoms with van der Waals surface area (Å²) in [5, 5.41) is 0.